The van der Waals surface area contributed by atoms with Crippen LogP contribution in [0.4, 0.5) is 0 Å². The van der Waals surface area contributed by atoms with Crippen molar-refractivity contribution in [2.45, 2.75) is 57.1 Å². The van der Waals surface area contributed by atoms with Gasteiger partial charge >= 0.3 is 0 Å². The fourth-order valence-electron chi connectivity index (χ4n) is 5.50. The monoisotopic (exact) mass is 578 g/mol. The number of ether oxygens (including phenoxy) is 3. The van der Waals surface area contributed by atoms with Crippen molar-refractivity contribution in [1.82, 2.24) is 0 Å². The molecule has 10 heteroatoms. The highest BCUT2D eigenvalue weighted by molar-refractivity contribution is 6.15. The number of rotatable bonds is 10. The van der Waals surface area contributed by atoms with E-state index < -0.39 is 60.3 Å². The van der Waals surface area contributed by atoms with E-state index in [-0.39, 0.29) is 28.0 Å². The molecule has 222 valence electrons. The van der Waals surface area contributed by atoms with Gasteiger partial charge in [-0.15, -0.1) is 0 Å². The molecule has 1 aliphatic heterocycles. The van der Waals surface area contributed by atoms with E-state index in [1.165, 1.54) is 33.9 Å². The number of aliphatic hydroxyl groups excluding tert-OH is 4. The lowest BCUT2D eigenvalue weighted by Gasteiger charge is -2.46. The fourth-order valence-corrected chi connectivity index (χ4v) is 5.50. The van der Waals surface area contributed by atoms with Crippen LogP contribution in [0.5, 0.6) is 5.75 Å². The van der Waals surface area contributed by atoms with Crippen molar-refractivity contribution in [3.05, 3.63) is 100 Å². The molecule has 0 aliphatic carbocycles. The average molecular weight is 579 g/mol. The van der Waals surface area contributed by atoms with Gasteiger partial charge in [0, 0.05) is 22.3 Å². The van der Waals surface area contributed by atoms with Gasteiger partial charge in [0.05, 0.1) is 13.7 Å². The van der Waals surface area contributed by atoms with Crippen LogP contribution in [0.3, 0.4) is 0 Å². The predicted octanol–water partition coefficient (Wildman–Crippen LogP) is 2.41. The van der Waals surface area contributed by atoms with Crippen molar-refractivity contribution in [2.24, 2.45) is 0 Å². The largest absolute Gasteiger partial charge is 0.496 e. The Balaban J connectivity index is 2.20. The predicted molar refractivity (Wildman–Crippen MR) is 151 cm³/mol. The molecule has 42 heavy (non-hydrogen) atoms. The van der Waals surface area contributed by atoms with Gasteiger partial charge in [-0.3, -0.25) is 14.4 Å². The van der Waals surface area contributed by atoms with Gasteiger partial charge in [0.15, 0.2) is 29.2 Å². The number of carbonyl (C=O) groups is 3. The molecular weight excluding hydrogens is 544 g/mol. The molecule has 0 aromatic heterocycles. The zero-order chi connectivity index (χ0) is 30.8. The third-order valence-corrected chi connectivity index (χ3v) is 7.45. The summed E-state index contributed by atoms with van der Waals surface area (Å²) in [5.41, 5.74) is -1.26. The fraction of sp³-hybridized carbons (Fsp3) is 0.344. The maximum absolute atomic E-state index is 13.5. The molecule has 0 amide bonds. The maximum Gasteiger partial charge on any atom is 0.188 e. The highest BCUT2D eigenvalue weighted by Gasteiger charge is 2.51. The van der Waals surface area contributed by atoms with Gasteiger partial charge < -0.3 is 34.6 Å². The lowest BCUT2D eigenvalue weighted by Crippen LogP contribution is -2.60. The van der Waals surface area contributed by atoms with E-state index in [4.69, 9.17) is 14.2 Å². The summed E-state index contributed by atoms with van der Waals surface area (Å²) in [5, 5.41) is 41.9. The molecule has 0 unspecified atom stereocenters. The van der Waals surface area contributed by atoms with Crippen molar-refractivity contribution >= 4 is 17.3 Å². The summed E-state index contributed by atoms with van der Waals surface area (Å²) in [6.07, 6.45) is -8.16. The minimum Gasteiger partial charge on any atom is -0.496 e. The quantitative estimate of drug-likeness (QED) is 0.208. The highest BCUT2D eigenvalue weighted by atomic mass is 16.7. The Morgan fingerprint density at radius 2 is 1.31 bits per heavy atom. The van der Waals surface area contributed by atoms with Gasteiger partial charge in [-0.05, 0) is 38.0 Å². The first-order chi connectivity index (χ1) is 20.0. The SMILES string of the molecule is COc1cc(C(C)=O)c(C(C)=O)c(C(C)=O)c1C(O[C@H]1O[C@H](CO)[C@@H](O)[C@H](O)[C@@H]1O)(c1ccccc1)c1ccccc1. The number of carbonyl (C=O) groups excluding carboxylic acids is 3. The minimum atomic E-state index is -1.87. The van der Waals surface area contributed by atoms with Crippen LogP contribution < -0.4 is 4.74 Å². The molecule has 4 N–H and O–H groups in total. The van der Waals surface area contributed by atoms with E-state index in [0.29, 0.717) is 11.1 Å². The number of hydrogen-bond donors (Lipinski definition) is 4. The molecule has 5 atom stereocenters. The van der Waals surface area contributed by atoms with Crippen molar-refractivity contribution in [1.29, 1.82) is 0 Å². The third kappa shape index (κ3) is 5.40. The number of methoxy groups -OCH3 is 1. The van der Waals surface area contributed by atoms with Gasteiger partial charge in [0.1, 0.15) is 30.2 Å². The van der Waals surface area contributed by atoms with Gasteiger partial charge in [-0.1, -0.05) is 60.7 Å². The standard InChI is InChI=1S/C32H34O10/c1-17(34)22-15-23(40-4)27(26(19(3)36)25(22)18(2)35)32(20-11-7-5-8-12-20,21-13-9-6-10-14-21)42-31-30(39)29(38)28(37)24(16-33)41-31/h5-15,24,28-31,33,37-39H,16H2,1-4H3/t24-,28-,29+,30+,31-/m1/s1. The Morgan fingerprint density at radius 1 is 0.786 bits per heavy atom. The Bertz CT molecular complexity index is 1410. The van der Waals surface area contributed by atoms with Gasteiger partial charge in [-0.2, -0.15) is 0 Å². The van der Waals surface area contributed by atoms with E-state index in [9.17, 15) is 34.8 Å². The van der Waals surface area contributed by atoms with Gasteiger partial charge in [0.2, 0.25) is 0 Å². The van der Waals surface area contributed by atoms with Crippen LogP contribution in [0.25, 0.3) is 0 Å². The average Bonchev–Trinajstić information content (AvgIpc) is 2.99. The van der Waals surface area contributed by atoms with Crippen LogP contribution in [0.15, 0.2) is 66.7 Å². The molecule has 0 saturated carbocycles. The van der Waals surface area contributed by atoms with E-state index in [0.717, 1.165) is 0 Å². The Labute approximate surface area is 243 Å². The Morgan fingerprint density at radius 3 is 1.74 bits per heavy atom. The molecular formula is C32H34O10. The number of ketones is 3. The van der Waals surface area contributed by atoms with E-state index in [2.05, 4.69) is 0 Å². The topological polar surface area (TPSA) is 160 Å². The highest BCUT2D eigenvalue weighted by Crippen LogP contribution is 2.49. The second kappa shape index (κ2) is 12.6. The van der Waals surface area contributed by atoms with E-state index in [1.54, 1.807) is 60.7 Å². The second-order valence-electron chi connectivity index (χ2n) is 10.1. The summed E-state index contributed by atoms with van der Waals surface area (Å²) < 4.78 is 18.2. The number of aliphatic hydroxyl groups is 4. The first-order valence-corrected chi connectivity index (χ1v) is 13.4. The number of hydrogen-bond acceptors (Lipinski definition) is 10. The Hall–Kier alpha value is -3.77. The van der Waals surface area contributed by atoms with Crippen LogP contribution in [0.1, 0.15) is 68.5 Å². The molecule has 0 bridgehead atoms. The smallest absolute Gasteiger partial charge is 0.188 e. The molecule has 0 radical (unpaired) electrons. The molecule has 3 aromatic carbocycles. The van der Waals surface area contributed by atoms with Crippen LogP contribution in [-0.2, 0) is 15.1 Å². The Kier molecular flexibility index (Phi) is 9.37. The lowest BCUT2D eigenvalue weighted by molar-refractivity contribution is -0.319. The molecule has 1 heterocycles. The summed E-state index contributed by atoms with van der Waals surface area (Å²) in [7, 11) is 1.34. The van der Waals surface area contributed by atoms with Crippen molar-refractivity contribution in [2.75, 3.05) is 13.7 Å². The van der Waals surface area contributed by atoms with E-state index >= 15 is 0 Å². The summed E-state index contributed by atoms with van der Waals surface area (Å²) >= 11 is 0. The summed E-state index contributed by atoms with van der Waals surface area (Å²) in [5.74, 6) is -1.54. The van der Waals surface area contributed by atoms with E-state index in [1.807, 2.05) is 0 Å². The molecule has 1 saturated heterocycles. The molecule has 1 fully saturated rings. The lowest BCUT2D eigenvalue weighted by atomic mass is 9.74. The first kappa shape index (κ1) is 31.2. The molecule has 3 aromatic rings. The second-order valence-corrected chi connectivity index (χ2v) is 10.1. The van der Waals surface area contributed by atoms with Crippen molar-refractivity contribution in [3.63, 3.8) is 0 Å². The van der Waals surface area contributed by atoms with Crippen molar-refractivity contribution in [3.8, 4) is 5.75 Å². The normalized spacial score (nSPS) is 22.4. The van der Waals surface area contributed by atoms with Gasteiger partial charge in [0.25, 0.3) is 0 Å². The van der Waals surface area contributed by atoms with Crippen LogP contribution in [0, 0.1) is 0 Å². The molecule has 10 nitrogen and oxygen atoms in total. The molecule has 4 rings (SSSR count). The summed E-state index contributed by atoms with van der Waals surface area (Å²) in [6, 6.07) is 18.6. The summed E-state index contributed by atoms with van der Waals surface area (Å²) in [4.78, 5) is 39.4. The van der Waals surface area contributed by atoms with Crippen LogP contribution >= 0.6 is 0 Å². The zero-order valence-corrected chi connectivity index (χ0v) is 23.7. The number of benzene rings is 3. The van der Waals surface area contributed by atoms with Gasteiger partial charge in [-0.25, -0.2) is 0 Å². The third-order valence-electron chi connectivity index (χ3n) is 7.45. The van der Waals surface area contributed by atoms with Crippen molar-refractivity contribution < 1.29 is 49.0 Å². The first-order valence-electron chi connectivity index (χ1n) is 13.4. The molecule has 0 spiro atoms. The number of Topliss-reactive ketones (excluding diaryl/α,β-unsaturated/α-hetero) is 3. The summed E-state index contributed by atoms with van der Waals surface area (Å²) in [6.45, 7) is 3.08. The minimum absolute atomic E-state index is 0.0174. The maximum atomic E-state index is 13.5. The molecule has 1 aliphatic rings. The zero-order valence-electron chi connectivity index (χ0n) is 23.7. The van der Waals surface area contributed by atoms with Crippen LogP contribution in [0.2, 0.25) is 0 Å². The van der Waals surface area contributed by atoms with Crippen LogP contribution in [-0.4, -0.2) is 82.2 Å².